The van der Waals surface area contributed by atoms with E-state index in [1.807, 2.05) is 0 Å². The molecule has 1 saturated carbocycles. The van der Waals surface area contributed by atoms with Crippen LogP contribution in [-0.4, -0.2) is 59.2 Å². The van der Waals surface area contributed by atoms with Crippen LogP contribution in [0.4, 0.5) is 9.18 Å². The van der Waals surface area contributed by atoms with Gasteiger partial charge in [0.2, 0.25) is 10.0 Å². The van der Waals surface area contributed by atoms with Gasteiger partial charge in [-0.1, -0.05) is 0 Å². The molecule has 1 aromatic rings. The van der Waals surface area contributed by atoms with E-state index in [2.05, 4.69) is 9.10 Å². The van der Waals surface area contributed by atoms with Gasteiger partial charge in [0, 0.05) is 17.1 Å². The Labute approximate surface area is 165 Å². The van der Waals surface area contributed by atoms with Crippen molar-refractivity contribution in [1.29, 1.82) is 0 Å². The molecule has 2 aliphatic carbocycles. The average Bonchev–Trinajstić information content (AvgIpc) is 3.24. The number of nitrogens with zero attached hydrogens (tertiary/aromatic N) is 3. The first kappa shape index (κ1) is 19.1. The van der Waals surface area contributed by atoms with E-state index in [1.54, 1.807) is 11.6 Å². The second-order valence-corrected chi connectivity index (χ2v) is 9.46. The van der Waals surface area contributed by atoms with Gasteiger partial charge in [-0.2, -0.15) is 14.3 Å². The van der Waals surface area contributed by atoms with Gasteiger partial charge in [0.05, 0.1) is 17.5 Å². The number of aromatic nitrogens is 1. The number of amides is 3. The zero-order chi connectivity index (χ0) is 20.1. The Bertz CT molecular complexity index is 1040. The number of hydrogen-bond donors (Lipinski definition) is 1. The molecule has 11 heteroatoms. The molecule has 8 nitrogen and oxygen atoms in total. The third-order valence-electron chi connectivity index (χ3n) is 5.10. The smallest absolute Gasteiger partial charge is 0.249 e. The molecular weight excluding hydrogens is 407 g/mol. The maximum Gasteiger partial charge on any atom is 0.500 e. The van der Waals surface area contributed by atoms with Gasteiger partial charge in [-0.25, -0.2) is 26.7 Å². The van der Waals surface area contributed by atoms with Crippen molar-refractivity contribution in [2.24, 2.45) is 5.92 Å². The molecule has 0 spiro atoms. The van der Waals surface area contributed by atoms with Crippen LogP contribution in [0.1, 0.15) is 18.4 Å². The first-order valence-electron chi connectivity index (χ1n) is 8.60. The molecule has 3 amide bonds. The van der Waals surface area contributed by atoms with Crippen molar-refractivity contribution in [3.05, 3.63) is 40.3 Å². The lowest BCUT2D eigenvalue weighted by Gasteiger charge is -2.26. The molecule has 0 aromatic carbocycles. The maximum atomic E-state index is 13.1. The van der Waals surface area contributed by atoms with Crippen LogP contribution in [0.15, 0.2) is 34.7 Å². The molecular formula is C17H18FN4O4S2+. The number of fused-ring (bicyclic) bond motifs is 1. The normalized spacial score (nSPS) is 23.7. The molecule has 2 heterocycles. The predicted octanol–water partition coefficient (Wildman–Crippen LogP) is 1.18. The highest BCUT2D eigenvalue weighted by atomic mass is 32.2. The van der Waals surface area contributed by atoms with Crippen molar-refractivity contribution in [2.75, 3.05) is 13.7 Å². The predicted molar refractivity (Wildman–Crippen MR) is 100.0 cm³/mol. The van der Waals surface area contributed by atoms with E-state index in [4.69, 9.17) is 0 Å². The number of hydrogen-bond acceptors (Lipinski definition) is 6. The Balaban J connectivity index is 1.65. The van der Waals surface area contributed by atoms with Crippen LogP contribution in [-0.2, 0) is 21.4 Å². The molecule has 1 unspecified atom stereocenters. The number of carbonyl (C=O) groups is 2. The number of nitrogens with one attached hydrogen (secondary N) is 1. The van der Waals surface area contributed by atoms with E-state index < -0.39 is 40.1 Å². The van der Waals surface area contributed by atoms with Gasteiger partial charge in [-0.05, 0) is 42.6 Å². The van der Waals surface area contributed by atoms with Crippen molar-refractivity contribution in [1.82, 2.24) is 14.0 Å². The van der Waals surface area contributed by atoms with E-state index in [0.29, 0.717) is 24.1 Å². The summed E-state index contributed by atoms with van der Waals surface area (Å²) in [7, 11) is -2.44. The molecule has 4 rings (SSSR count). The summed E-state index contributed by atoms with van der Waals surface area (Å²) in [6.07, 6.45) is 6.56. The van der Waals surface area contributed by atoms with Crippen molar-refractivity contribution in [3.63, 3.8) is 0 Å². The Kier molecular flexibility index (Phi) is 4.55. The summed E-state index contributed by atoms with van der Waals surface area (Å²) in [5, 5.41) is 1.74. The molecule has 1 fully saturated rings. The summed E-state index contributed by atoms with van der Waals surface area (Å²) in [5.41, 5.74) is 0.0889. The van der Waals surface area contributed by atoms with Crippen LogP contribution in [0.3, 0.4) is 0 Å². The zero-order valence-corrected chi connectivity index (χ0v) is 16.6. The molecule has 1 aromatic heterocycles. The standard InChI is InChI=1S/C17H18FN4O4S2/c1-21-14-3-2-12(28(25,26)20-17(10-18)4-5-17)6-13(14)15(23)22(16(21)24)8-11-7-19-27-9-11/h2-3,6-7,9,13,20H,4-5,8,10H2,1H3/q+1. The third-order valence-corrected chi connectivity index (χ3v) is 7.33. The number of urea groups is 1. The molecule has 1 N–H and O–H groups in total. The topological polar surface area (TPSA) is 99.4 Å². The van der Waals surface area contributed by atoms with Crippen LogP contribution in [0, 0.1) is 5.92 Å². The lowest BCUT2D eigenvalue weighted by molar-refractivity contribution is -0.406. The number of imide groups is 1. The minimum absolute atomic E-state index is 0.0607. The van der Waals surface area contributed by atoms with Gasteiger partial charge in [0.25, 0.3) is 0 Å². The van der Waals surface area contributed by atoms with Crippen LogP contribution < -0.4 is 4.72 Å². The molecule has 28 heavy (non-hydrogen) atoms. The number of alkyl halides is 1. The monoisotopic (exact) mass is 425 g/mol. The van der Waals surface area contributed by atoms with E-state index in [0.717, 1.165) is 4.90 Å². The Morgan fingerprint density at radius 1 is 1.39 bits per heavy atom. The lowest BCUT2D eigenvalue weighted by Crippen LogP contribution is -2.53. The summed E-state index contributed by atoms with van der Waals surface area (Å²) >= 11 is 1.21. The Morgan fingerprint density at radius 3 is 2.75 bits per heavy atom. The first-order chi connectivity index (χ1) is 13.3. The number of sulfonamides is 1. The molecule has 0 bridgehead atoms. The van der Waals surface area contributed by atoms with Gasteiger partial charge < -0.3 is 0 Å². The van der Waals surface area contributed by atoms with E-state index >= 15 is 0 Å². The fourth-order valence-corrected chi connectivity index (χ4v) is 5.26. The molecule has 3 aliphatic rings. The Hall–Kier alpha value is -2.24. The fourth-order valence-electron chi connectivity index (χ4n) is 3.22. The molecule has 0 radical (unpaired) electrons. The molecule has 0 saturated heterocycles. The SMILES string of the molecule is C[N+]1=C2C=CC(S(=O)(=O)NC3(CF)CC3)=CC2C(=O)N(Cc2cnsc2)C1=O. The molecule has 1 atom stereocenters. The average molecular weight is 425 g/mol. The first-order valence-corrected chi connectivity index (χ1v) is 10.9. The van der Waals surface area contributed by atoms with E-state index in [-0.39, 0.29) is 11.4 Å². The Morgan fingerprint density at radius 2 is 2.14 bits per heavy atom. The third kappa shape index (κ3) is 3.23. The number of halogens is 1. The summed E-state index contributed by atoms with van der Waals surface area (Å²) in [5.74, 6) is -1.42. The summed E-state index contributed by atoms with van der Waals surface area (Å²) in [6.45, 7) is -0.714. The highest BCUT2D eigenvalue weighted by Crippen LogP contribution is 2.37. The van der Waals surface area contributed by atoms with E-state index in [1.165, 1.54) is 41.4 Å². The van der Waals surface area contributed by atoms with Gasteiger partial charge in [-0.3, -0.25) is 0 Å². The number of allylic oxidation sites excluding steroid dienone is 2. The molecule has 148 valence electrons. The van der Waals surface area contributed by atoms with E-state index in [9.17, 15) is 22.4 Å². The fraction of sp³-hybridized carbons (Fsp3) is 0.412. The van der Waals surface area contributed by atoms with Crippen molar-refractivity contribution in [3.8, 4) is 0 Å². The minimum atomic E-state index is -3.97. The molecule has 1 aliphatic heterocycles. The highest BCUT2D eigenvalue weighted by molar-refractivity contribution is 7.93. The van der Waals surface area contributed by atoms with Gasteiger partial charge in [0.1, 0.15) is 24.8 Å². The van der Waals surface area contributed by atoms with Crippen LogP contribution >= 0.6 is 11.5 Å². The van der Waals surface area contributed by atoms with Crippen LogP contribution in [0.25, 0.3) is 0 Å². The number of rotatable bonds is 6. The second-order valence-electron chi connectivity index (χ2n) is 7.12. The number of carbonyl (C=O) groups excluding carboxylic acids is 2. The minimum Gasteiger partial charge on any atom is -0.249 e. The largest absolute Gasteiger partial charge is 0.500 e. The zero-order valence-electron chi connectivity index (χ0n) is 15.0. The maximum absolute atomic E-state index is 13.1. The van der Waals surface area contributed by atoms with Crippen molar-refractivity contribution in [2.45, 2.75) is 24.9 Å². The van der Waals surface area contributed by atoms with Gasteiger partial charge in [0.15, 0.2) is 0 Å². The quantitative estimate of drug-likeness (QED) is 0.690. The van der Waals surface area contributed by atoms with Crippen molar-refractivity contribution < 1.29 is 27.0 Å². The summed E-state index contributed by atoms with van der Waals surface area (Å²) < 4.78 is 46.1. The highest BCUT2D eigenvalue weighted by Gasteiger charge is 2.49. The van der Waals surface area contributed by atoms with Crippen LogP contribution in [0.2, 0.25) is 0 Å². The van der Waals surface area contributed by atoms with Gasteiger partial charge >= 0.3 is 11.9 Å². The van der Waals surface area contributed by atoms with Crippen molar-refractivity contribution >= 4 is 39.2 Å². The van der Waals surface area contributed by atoms with Crippen LogP contribution in [0.5, 0.6) is 0 Å². The van der Waals surface area contributed by atoms with Gasteiger partial charge in [-0.15, -0.1) is 0 Å². The lowest BCUT2D eigenvalue weighted by atomic mass is 9.94. The summed E-state index contributed by atoms with van der Waals surface area (Å²) in [4.78, 5) is 26.5. The summed E-state index contributed by atoms with van der Waals surface area (Å²) in [6, 6.07) is -0.487. The second kappa shape index (κ2) is 6.68.